The largest absolute Gasteiger partial charge is 0.497 e. The molecule has 0 aromatic heterocycles. The van der Waals surface area contributed by atoms with Crippen molar-refractivity contribution in [3.05, 3.63) is 54.1 Å². The number of hydrogen-bond acceptors (Lipinski definition) is 7. The minimum absolute atomic E-state index is 0.585. The number of rotatable bonds is 4. The van der Waals surface area contributed by atoms with Gasteiger partial charge in [-0.3, -0.25) is 4.99 Å². The summed E-state index contributed by atoms with van der Waals surface area (Å²) in [5.74, 6) is 0.823. The number of aliphatic imine (C=N–C) groups is 1. The Morgan fingerprint density at radius 3 is 1.74 bits per heavy atom. The summed E-state index contributed by atoms with van der Waals surface area (Å²) in [6.07, 6.45) is 1.86. The molecule has 0 unspecified atom stereocenters. The van der Waals surface area contributed by atoms with Gasteiger partial charge in [-0.15, -0.1) is 0 Å². The van der Waals surface area contributed by atoms with Crippen LogP contribution in [0.15, 0.2) is 53.5 Å². The van der Waals surface area contributed by atoms with Crippen LogP contribution in [0.5, 0.6) is 5.75 Å². The Bertz CT molecular complexity index is 749. The molecule has 0 radical (unpaired) electrons. The molecule has 1 saturated heterocycles. The van der Waals surface area contributed by atoms with E-state index in [9.17, 15) is 0 Å². The van der Waals surface area contributed by atoms with Crippen molar-refractivity contribution in [2.24, 2.45) is 4.99 Å². The lowest BCUT2D eigenvalue weighted by Crippen LogP contribution is -2.31. The summed E-state index contributed by atoms with van der Waals surface area (Å²) in [4.78, 5) is 6.80. The quantitative estimate of drug-likeness (QED) is 0.696. The molecule has 31 heavy (non-hydrogen) atoms. The van der Waals surface area contributed by atoms with Gasteiger partial charge < -0.3 is 28.6 Å². The maximum absolute atomic E-state index is 5.71. The maximum Gasteiger partial charge on any atom is 0.119 e. The van der Waals surface area contributed by atoms with Crippen LogP contribution in [0.2, 0.25) is 0 Å². The third-order valence-corrected chi connectivity index (χ3v) is 4.82. The van der Waals surface area contributed by atoms with Gasteiger partial charge in [0.1, 0.15) is 5.75 Å². The molecule has 2 aromatic rings. The molecule has 0 bridgehead atoms. The van der Waals surface area contributed by atoms with Gasteiger partial charge >= 0.3 is 0 Å². The minimum Gasteiger partial charge on any atom is -0.497 e. The molecule has 0 saturated carbocycles. The van der Waals surface area contributed by atoms with E-state index < -0.39 is 0 Å². The van der Waals surface area contributed by atoms with Gasteiger partial charge in [-0.25, -0.2) is 0 Å². The minimum atomic E-state index is 0.585. The maximum atomic E-state index is 5.71. The highest BCUT2D eigenvalue weighted by Crippen LogP contribution is 2.18. The van der Waals surface area contributed by atoms with Gasteiger partial charge in [-0.05, 0) is 42.0 Å². The van der Waals surface area contributed by atoms with Gasteiger partial charge in [0.05, 0.1) is 65.7 Å². The highest BCUT2D eigenvalue weighted by molar-refractivity contribution is 5.82. The number of anilines is 1. The lowest BCUT2D eigenvalue weighted by Gasteiger charge is -2.25. The Kier molecular flexibility index (Phi) is 10.3. The standard InChI is InChI=1S/C24H32N2O5/c1-27-24-8-4-22(5-9-24)25-20-21-2-6-23(7-3-21)26-10-12-28-14-16-30-18-19-31-17-15-29-13-11-26/h2-9,20H,10-19H2,1H3. The second-order valence-electron chi connectivity index (χ2n) is 6.98. The van der Waals surface area contributed by atoms with E-state index in [1.165, 1.54) is 0 Å². The zero-order chi connectivity index (χ0) is 21.6. The van der Waals surface area contributed by atoms with E-state index >= 15 is 0 Å². The average molecular weight is 429 g/mol. The van der Waals surface area contributed by atoms with Crippen LogP contribution >= 0.6 is 0 Å². The van der Waals surface area contributed by atoms with Crippen molar-refractivity contribution in [3.8, 4) is 5.75 Å². The number of ether oxygens (including phenoxy) is 5. The number of benzene rings is 2. The Hall–Kier alpha value is -2.45. The van der Waals surface area contributed by atoms with Crippen LogP contribution in [0.4, 0.5) is 11.4 Å². The monoisotopic (exact) mass is 428 g/mol. The molecule has 1 aliphatic rings. The van der Waals surface area contributed by atoms with Gasteiger partial charge in [0.15, 0.2) is 0 Å². The molecule has 3 rings (SSSR count). The third-order valence-electron chi connectivity index (χ3n) is 4.82. The third kappa shape index (κ3) is 8.67. The molecule has 168 valence electrons. The molecule has 0 aliphatic carbocycles. The van der Waals surface area contributed by atoms with E-state index in [1.807, 2.05) is 30.5 Å². The lowest BCUT2D eigenvalue weighted by molar-refractivity contribution is 0.00206. The van der Waals surface area contributed by atoms with Crippen molar-refractivity contribution in [2.45, 2.75) is 0 Å². The van der Waals surface area contributed by atoms with Crippen molar-refractivity contribution >= 4 is 17.6 Å². The van der Waals surface area contributed by atoms with Crippen LogP contribution in [-0.2, 0) is 18.9 Å². The van der Waals surface area contributed by atoms with Crippen molar-refractivity contribution in [3.63, 3.8) is 0 Å². The molecule has 0 N–H and O–H groups in total. The summed E-state index contributed by atoms with van der Waals surface area (Å²) in [7, 11) is 1.66. The molecular formula is C24H32N2O5. The van der Waals surface area contributed by atoms with E-state index in [2.05, 4.69) is 34.2 Å². The van der Waals surface area contributed by atoms with Gasteiger partial charge in [-0.2, -0.15) is 0 Å². The van der Waals surface area contributed by atoms with Crippen LogP contribution in [0.3, 0.4) is 0 Å². The topological polar surface area (TPSA) is 61.8 Å². The molecule has 0 amide bonds. The molecule has 1 fully saturated rings. The fourth-order valence-corrected chi connectivity index (χ4v) is 3.07. The summed E-state index contributed by atoms with van der Waals surface area (Å²) >= 11 is 0. The molecule has 2 aromatic carbocycles. The molecule has 7 heteroatoms. The Morgan fingerprint density at radius 1 is 0.710 bits per heavy atom. The number of methoxy groups -OCH3 is 1. The van der Waals surface area contributed by atoms with E-state index in [1.54, 1.807) is 7.11 Å². The van der Waals surface area contributed by atoms with Gasteiger partial charge in [-0.1, -0.05) is 12.1 Å². The predicted octanol–water partition coefficient (Wildman–Crippen LogP) is 3.33. The predicted molar refractivity (Wildman–Crippen MR) is 122 cm³/mol. The van der Waals surface area contributed by atoms with E-state index in [4.69, 9.17) is 23.7 Å². The molecule has 0 atom stereocenters. The van der Waals surface area contributed by atoms with E-state index in [0.29, 0.717) is 52.9 Å². The van der Waals surface area contributed by atoms with Crippen LogP contribution in [0.1, 0.15) is 5.56 Å². The van der Waals surface area contributed by atoms with Crippen LogP contribution < -0.4 is 9.64 Å². The average Bonchev–Trinajstić information content (AvgIpc) is 2.83. The fourth-order valence-electron chi connectivity index (χ4n) is 3.07. The second-order valence-corrected chi connectivity index (χ2v) is 6.98. The molecule has 0 spiro atoms. The molecule has 1 aliphatic heterocycles. The van der Waals surface area contributed by atoms with Crippen LogP contribution in [0.25, 0.3) is 0 Å². The summed E-state index contributed by atoms with van der Waals surface area (Å²) in [6.45, 7) is 6.38. The summed E-state index contributed by atoms with van der Waals surface area (Å²) in [5, 5.41) is 0. The first kappa shape index (κ1) is 23.2. The molecular weight excluding hydrogens is 396 g/mol. The number of hydrogen-bond donors (Lipinski definition) is 0. The highest BCUT2D eigenvalue weighted by atomic mass is 16.6. The SMILES string of the molecule is COc1ccc(N=Cc2ccc(N3CCOCCOCCOCCOCC3)cc2)cc1. The zero-order valence-corrected chi connectivity index (χ0v) is 18.2. The smallest absolute Gasteiger partial charge is 0.119 e. The zero-order valence-electron chi connectivity index (χ0n) is 18.2. The van der Waals surface area contributed by atoms with Gasteiger partial charge in [0.25, 0.3) is 0 Å². The first-order valence-corrected chi connectivity index (χ1v) is 10.7. The normalized spacial score (nSPS) is 17.8. The molecule has 1 heterocycles. The Labute approximate surface area is 184 Å². The first-order chi connectivity index (χ1) is 15.3. The lowest BCUT2D eigenvalue weighted by atomic mass is 10.2. The van der Waals surface area contributed by atoms with Crippen LogP contribution in [-0.4, -0.2) is 79.3 Å². The fraction of sp³-hybridized carbons (Fsp3) is 0.458. The van der Waals surface area contributed by atoms with E-state index in [-0.39, 0.29) is 0 Å². The highest BCUT2D eigenvalue weighted by Gasteiger charge is 2.07. The summed E-state index contributed by atoms with van der Waals surface area (Å²) in [5.41, 5.74) is 3.06. The summed E-state index contributed by atoms with van der Waals surface area (Å²) < 4.78 is 27.6. The van der Waals surface area contributed by atoms with Crippen molar-refractivity contribution in [1.29, 1.82) is 0 Å². The number of nitrogens with zero attached hydrogens (tertiary/aromatic N) is 2. The second kappa shape index (κ2) is 13.8. The summed E-state index contributed by atoms with van der Waals surface area (Å²) in [6, 6.07) is 16.0. The van der Waals surface area contributed by atoms with Crippen molar-refractivity contribution in [1.82, 2.24) is 0 Å². The van der Waals surface area contributed by atoms with Crippen molar-refractivity contribution < 1.29 is 23.7 Å². The Balaban J connectivity index is 1.56. The van der Waals surface area contributed by atoms with Gasteiger partial charge in [0.2, 0.25) is 0 Å². The van der Waals surface area contributed by atoms with Crippen LogP contribution in [0, 0.1) is 0 Å². The van der Waals surface area contributed by atoms with Gasteiger partial charge in [0, 0.05) is 25.0 Å². The Morgan fingerprint density at radius 2 is 1.23 bits per heavy atom. The molecule has 7 nitrogen and oxygen atoms in total. The van der Waals surface area contributed by atoms with Crippen molar-refractivity contribution in [2.75, 3.05) is 78.0 Å². The van der Waals surface area contributed by atoms with E-state index in [0.717, 1.165) is 35.8 Å². The first-order valence-electron chi connectivity index (χ1n) is 10.7.